The van der Waals surface area contributed by atoms with Crippen LogP contribution >= 0.6 is 15.9 Å². The molecule has 0 bridgehead atoms. The first-order valence-corrected chi connectivity index (χ1v) is 9.64. The van der Waals surface area contributed by atoms with E-state index < -0.39 is 0 Å². The van der Waals surface area contributed by atoms with Crippen molar-refractivity contribution in [3.05, 3.63) is 40.4 Å². The summed E-state index contributed by atoms with van der Waals surface area (Å²) in [6, 6.07) is 3.73. The molecule has 0 aromatic carbocycles. The summed E-state index contributed by atoms with van der Waals surface area (Å²) in [5, 5.41) is 6.14. The summed E-state index contributed by atoms with van der Waals surface area (Å²) in [6.07, 6.45) is 6.91. The van der Waals surface area contributed by atoms with Crippen LogP contribution in [0.4, 0.5) is 11.6 Å². The van der Waals surface area contributed by atoms with E-state index in [0.29, 0.717) is 18.7 Å². The predicted molar refractivity (Wildman–Crippen MR) is 106 cm³/mol. The highest BCUT2D eigenvalue weighted by Gasteiger charge is 2.13. The summed E-state index contributed by atoms with van der Waals surface area (Å²) >= 11 is 3.32. The van der Waals surface area contributed by atoms with Gasteiger partial charge in [0, 0.05) is 49.1 Å². The monoisotopic (exact) mass is 418 g/mol. The largest absolute Gasteiger partial charge is 0.368 e. The summed E-state index contributed by atoms with van der Waals surface area (Å²) < 4.78 is 0.782. The number of hydrogen-bond acceptors (Lipinski definition) is 6. The number of halogens is 1. The lowest BCUT2D eigenvalue weighted by Crippen LogP contribution is -2.31. The van der Waals surface area contributed by atoms with Crippen molar-refractivity contribution in [1.29, 1.82) is 0 Å². The van der Waals surface area contributed by atoms with Crippen LogP contribution in [-0.4, -0.2) is 47.0 Å². The standard InChI is InChI=1S/C18H23BrN6O/c1-13-23-16(10-17(24-13)25-7-3-2-4-8-25)21-5-6-22-18(26)14-9-15(19)12-20-11-14/h9-12H,2-8H2,1H3,(H,22,26)(H,21,23,24). The molecule has 2 N–H and O–H groups in total. The van der Waals surface area contributed by atoms with Gasteiger partial charge in [0.2, 0.25) is 0 Å². The highest BCUT2D eigenvalue weighted by atomic mass is 79.9. The first-order valence-electron chi connectivity index (χ1n) is 8.85. The SMILES string of the molecule is Cc1nc(NCCNC(=O)c2cncc(Br)c2)cc(N2CCCCC2)n1. The second-order valence-electron chi connectivity index (χ2n) is 6.28. The van der Waals surface area contributed by atoms with Crippen LogP contribution in [0.15, 0.2) is 29.0 Å². The van der Waals surface area contributed by atoms with Crippen LogP contribution in [0.2, 0.25) is 0 Å². The van der Waals surface area contributed by atoms with E-state index in [-0.39, 0.29) is 5.91 Å². The molecule has 2 aromatic rings. The number of hydrogen-bond donors (Lipinski definition) is 2. The predicted octanol–water partition coefficient (Wildman–Crippen LogP) is 2.77. The number of aromatic nitrogens is 3. The van der Waals surface area contributed by atoms with E-state index >= 15 is 0 Å². The van der Waals surface area contributed by atoms with Gasteiger partial charge >= 0.3 is 0 Å². The average molecular weight is 419 g/mol. The average Bonchev–Trinajstić information content (AvgIpc) is 2.65. The molecule has 26 heavy (non-hydrogen) atoms. The Kier molecular flexibility index (Phi) is 6.38. The fourth-order valence-electron chi connectivity index (χ4n) is 2.93. The number of nitrogens with one attached hydrogen (secondary N) is 2. The van der Waals surface area contributed by atoms with Crippen molar-refractivity contribution in [2.75, 3.05) is 36.4 Å². The first kappa shape index (κ1) is 18.6. The molecule has 0 spiro atoms. The molecule has 7 nitrogen and oxygen atoms in total. The van der Waals surface area contributed by atoms with Gasteiger partial charge in [-0.3, -0.25) is 9.78 Å². The third-order valence-electron chi connectivity index (χ3n) is 4.19. The molecule has 0 saturated carbocycles. The van der Waals surface area contributed by atoms with Gasteiger partial charge in [0.25, 0.3) is 5.91 Å². The zero-order valence-electron chi connectivity index (χ0n) is 14.8. The zero-order chi connectivity index (χ0) is 18.4. The van der Waals surface area contributed by atoms with E-state index in [1.165, 1.54) is 19.3 Å². The molecule has 3 heterocycles. The smallest absolute Gasteiger partial charge is 0.252 e. The third kappa shape index (κ3) is 5.14. The van der Waals surface area contributed by atoms with Gasteiger partial charge in [0.05, 0.1) is 5.56 Å². The molecule has 2 aromatic heterocycles. The van der Waals surface area contributed by atoms with Crippen LogP contribution in [0.5, 0.6) is 0 Å². The van der Waals surface area contributed by atoms with Gasteiger partial charge in [-0.25, -0.2) is 9.97 Å². The maximum absolute atomic E-state index is 12.1. The molecule has 0 radical (unpaired) electrons. The molecule has 1 aliphatic rings. The van der Waals surface area contributed by atoms with Crippen molar-refractivity contribution < 1.29 is 4.79 Å². The molecule has 1 amide bonds. The van der Waals surface area contributed by atoms with Crippen LogP contribution in [-0.2, 0) is 0 Å². The van der Waals surface area contributed by atoms with E-state index in [0.717, 1.165) is 35.0 Å². The van der Waals surface area contributed by atoms with Gasteiger partial charge in [-0.05, 0) is 48.2 Å². The lowest BCUT2D eigenvalue weighted by Gasteiger charge is -2.28. The molecule has 1 aliphatic heterocycles. The lowest BCUT2D eigenvalue weighted by atomic mass is 10.1. The summed E-state index contributed by atoms with van der Waals surface area (Å²) in [4.78, 5) is 27.4. The summed E-state index contributed by atoms with van der Waals surface area (Å²) in [7, 11) is 0. The van der Waals surface area contributed by atoms with E-state index in [1.807, 2.05) is 13.0 Å². The highest BCUT2D eigenvalue weighted by Crippen LogP contribution is 2.20. The van der Waals surface area contributed by atoms with Gasteiger partial charge in [-0.2, -0.15) is 0 Å². The minimum atomic E-state index is -0.145. The van der Waals surface area contributed by atoms with Crippen LogP contribution in [0, 0.1) is 6.92 Å². The van der Waals surface area contributed by atoms with Gasteiger partial charge < -0.3 is 15.5 Å². The molecule has 0 atom stereocenters. The Balaban J connectivity index is 1.51. The molecule has 1 fully saturated rings. The second-order valence-corrected chi connectivity index (χ2v) is 7.20. The molecule has 0 aliphatic carbocycles. The van der Waals surface area contributed by atoms with Crippen molar-refractivity contribution in [2.45, 2.75) is 26.2 Å². The Morgan fingerprint density at radius 1 is 1.15 bits per heavy atom. The number of piperidine rings is 1. The maximum Gasteiger partial charge on any atom is 0.252 e. The third-order valence-corrected chi connectivity index (χ3v) is 4.62. The van der Waals surface area contributed by atoms with E-state index in [9.17, 15) is 4.79 Å². The normalized spacial score (nSPS) is 14.2. The number of amides is 1. The van der Waals surface area contributed by atoms with Gasteiger partial charge in [0.15, 0.2) is 0 Å². The van der Waals surface area contributed by atoms with Gasteiger partial charge in [-0.1, -0.05) is 0 Å². The number of pyridine rings is 1. The summed E-state index contributed by atoms with van der Waals surface area (Å²) in [5.74, 6) is 2.37. The van der Waals surface area contributed by atoms with Crippen LogP contribution in [0.1, 0.15) is 35.4 Å². The second kappa shape index (κ2) is 8.93. The van der Waals surface area contributed by atoms with Crippen molar-refractivity contribution >= 4 is 33.5 Å². The molecule has 1 saturated heterocycles. The van der Waals surface area contributed by atoms with Gasteiger partial charge in [0.1, 0.15) is 17.5 Å². The van der Waals surface area contributed by atoms with Crippen LogP contribution in [0.25, 0.3) is 0 Å². The molecule has 8 heteroatoms. The highest BCUT2D eigenvalue weighted by molar-refractivity contribution is 9.10. The Morgan fingerprint density at radius 3 is 2.73 bits per heavy atom. The van der Waals surface area contributed by atoms with E-state index in [1.54, 1.807) is 18.5 Å². The topological polar surface area (TPSA) is 83.0 Å². The van der Waals surface area contributed by atoms with Gasteiger partial charge in [-0.15, -0.1) is 0 Å². The lowest BCUT2D eigenvalue weighted by molar-refractivity contribution is 0.0954. The molecular weight excluding hydrogens is 396 g/mol. The number of aryl methyl sites for hydroxylation is 1. The van der Waals surface area contributed by atoms with E-state index in [2.05, 4.69) is 46.4 Å². The quantitative estimate of drug-likeness (QED) is 0.701. The van der Waals surface area contributed by atoms with E-state index in [4.69, 9.17) is 0 Å². The van der Waals surface area contributed by atoms with Crippen LogP contribution in [0.3, 0.4) is 0 Å². The zero-order valence-corrected chi connectivity index (χ0v) is 16.4. The molecule has 138 valence electrons. The molecular formula is C18H23BrN6O. The Bertz CT molecular complexity index is 763. The van der Waals surface area contributed by atoms with Crippen molar-refractivity contribution in [1.82, 2.24) is 20.3 Å². The van der Waals surface area contributed by atoms with Crippen molar-refractivity contribution in [2.24, 2.45) is 0 Å². The summed E-state index contributed by atoms with van der Waals surface area (Å²) in [5.41, 5.74) is 0.532. The number of carbonyl (C=O) groups excluding carboxylic acids is 1. The fraction of sp³-hybridized carbons (Fsp3) is 0.444. The Hall–Kier alpha value is -2.22. The Labute approximate surface area is 161 Å². The number of carbonyl (C=O) groups is 1. The molecule has 3 rings (SSSR count). The molecule has 0 unspecified atom stereocenters. The number of rotatable bonds is 6. The Morgan fingerprint density at radius 2 is 1.96 bits per heavy atom. The van der Waals surface area contributed by atoms with Crippen molar-refractivity contribution in [3.8, 4) is 0 Å². The minimum absolute atomic E-state index is 0.145. The number of nitrogens with zero attached hydrogens (tertiary/aromatic N) is 4. The maximum atomic E-state index is 12.1. The minimum Gasteiger partial charge on any atom is -0.368 e. The summed E-state index contributed by atoms with van der Waals surface area (Å²) in [6.45, 7) is 5.08. The first-order chi connectivity index (χ1) is 12.6. The number of anilines is 2. The fourth-order valence-corrected chi connectivity index (χ4v) is 3.30. The van der Waals surface area contributed by atoms with Crippen molar-refractivity contribution in [3.63, 3.8) is 0 Å². The van der Waals surface area contributed by atoms with Crippen LogP contribution < -0.4 is 15.5 Å².